The lowest BCUT2D eigenvalue weighted by Gasteiger charge is -1.94. The number of rotatable bonds is 0. The highest BCUT2D eigenvalue weighted by Gasteiger charge is 2.11. The first-order chi connectivity index (χ1) is 7.18. The van der Waals surface area contributed by atoms with Crippen LogP contribution in [0, 0.1) is 6.92 Å². The van der Waals surface area contributed by atoms with Crippen LogP contribution in [-0.2, 0) is 7.05 Å². The van der Waals surface area contributed by atoms with Gasteiger partial charge in [-0.15, -0.1) is 0 Å². The van der Waals surface area contributed by atoms with Crippen LogP contribution in [0.1, 0.15) is 5.82 Å². The van der Waals surface area contributed by atoms with Gasteiger partial charge in [0.1, 0.15) is 11.3 Å². The predicted octanol–water partition coefficient (Wildman–Crippen LogP) is 0.446. The fourth-order valence-electron chi connectivity index (χ4n) is 1.72. The standard InChI is InChI=1S/C9H9N5O/c1-4-11-7-6-5(9(15)13-12-6)3-10-8(7)14(4)2/h3H,1-2H3,(H2,12,13,15). The molecule has 76 valence electrons. The van der Waals surface area contributed by atoms with E-state index in [0.717, 1.165) is 17.0 Å². The highest BCUT2D eigenvalue weighted by atomic mass is 16.1. The molecule has 0 spiro atoms. The first kappa shape index (κ1) is 8.22. The van der Waals surface area contributed by atoms with E-state index < -0.39 is 0 Å². The maximum Gasteiger partial charge on any atom is 0.273 e. The molecule has 0 fully saturated rings. The quantitative estimate of drug-likeness (QED) is 0.556. The van der Waals surface area contributed by atoms with E-state index in [0.29, 0.717) is 10.9 Å². The third-order valence-corrected chi connectivity index (χ3v) is 2.66. The van der Waals surface area contributed by atoms with Crippen LogP contribution in [0.3, 0.4) is 0 Å². The number of aromatic amines is 2. The van der Waals surface area contributed by atoms with Gasteiger partial charge < -0.3 is 4.57 Å². The number of hydrogen-bond acceptors (Lipinski definition) is 3. The van der Waals surface area contributed by atoms with Gasteiger partial charge in [-0.25, -0.2) is 9.97 Å². The Balaban J connectivity index is 2.66. The van der Waals surface area contributed by atoms with E-state index in [1.54, 1.807) is 6.20 Å². The van der Waals surface area contributed by atoms with Crippen molar-refractivity contribution in [3.8, 4) is 0 Å². The van der Waals surface area contributed by atoms with Gasteiger partial charge in [0, 0.05) is 13.2 Å². The fraction of sp³-hybridized carbons (Fsp3) is 0.222. The van der Waals surface area contributed by atoms with Gasteiger partial charge in [-0.2, -0.15) is 0 Å². The molecule has 15 heavy (non-hydrogen) atoms. The lowest BCUT2D eigenvalue weighted by atomic mass is 10.3. The molecule has 3 aromatic rings. The molecule has 0 aliphatic rings. The number of nitrogens with one attached hydrogen (secondary N) is 2. The maximum absolute atomic E-state index is 11.4. The van der Waals surface area contributed by atoms with E-state index in [-0.39, 0.29) is 5.56 Å². The third-order valence-electron chi connectivity index (χ3n) is 2.66. The van der Waals surface area contributed by atoms with Crippen molar-refractivity contribution in [1.29, 1.82) is 0 Å². The summed E-state index contributed by atoms with van der Waals surface area (Å²) in [5.41, 5.74) is 2.05. The van der Waals surface area contributed by atoms with Crippen molar-refractivity contribution in [3.63, 3.8) is 0 Å². The van der Waals surface area contributed by atoms with Crippen molar-refractivity contribution < 1.29 is 0 Å². The molecule has 0 atom stereocenters. The molecule has 6 nitrogen and oxygen atoms in total. The number of aryl methyl sites for hydroxylation is 2. The van der Waals surface area contributed by atoms with E-state index in [4.69, 9.17) is 0 Å². The van der Waals surface area contributed by atoms with Crippen LogP contribution < -0.4 is 5.56 Å². The molecule has 0 saturated heterocycles. The average molecular weight is 203 g/mol. The topological polar surface area (TPSA) is 79.4 Å². The normalized spacial score (nSPS) is 11.6. The first-order valence-corrected chi connectivity index (χ1v) is 4.57. The molecule has 2 N–H and O–H groups in total. The van der Waals surface area contributed by atoms with E-state index in [1.807, 2.05) is 18.5 Å². The zero-order valence-corrected chi connectivity index (χ0v) is 8.33. The highest BCUT2D eigenvalue weighted by molar-refractivity contribution is 5.99. The minimum absolute atomic E-state index is 0.164. The molecular weight excluding hydrogens is 194 g/mol. The van der Waals surface area contributed by atoms with Crippen LogP contribution in [0.4, 0.5) is 0 Å². The Hall–Kier alpha value is -2.11. The summed E-state index contributed by atoms with van der Waals surface area (Å²) < 4.78 is 1.89. The number of hydrogen-bond donors (Lipinski definition) is 2. The first-order valence-electron chi connectivity index (χ1n) is 4.57. The van der Waals surface area contributed by atoms with Crippen molar-refractivity contribution in [2.45, 2.75) is 6.92 Å². The maximum atomic E-state index is 11.4. The van der Waals surface area contributed by atoms with E-state index in [1.165, 1.54) is 0 Å². The second-order valence-electron chi connectivity index (χ2n) is 3.52. The van der Waals surface area contributed by atoms with Crippen molar-refractivity contribution >= 4 is 22.1 Å². The number of aromatic nitrogens is 5. The molecule has 0 saturated carbocycles. The molecule has 0 aromatic carbocycles. The SMILES string of the molecule is Cc1nc2c3[nH][nH]c(=O)c3cnc2n1C. The lowest BCUT2D eigenvalue weighted by molar-refractivity contribution is 0.874. The lowest BCUT2D eigenvalue weighted by Crippen LogP contribution is -1.98. The van der Waals surface area contributed by atoms with Gasteiger partial charge in [0.25, 0.3) is 5.56 Å². The molecule has 3 heterocycles. The summed E-state index contributed by atoms with van der Waals surface area (Å²) in [6.45, 7) is 1.90. The number of nitrogens with zero attached hydrogens (tertiary/aromatic N) is 3. The van der Waals surface area contributed by atoms with E-state index in [9.17, 15) is 4.79 Å². The Morgan fingerprint density at radius 2 is 2.20 bits per heavy atom. The number of imidazole rings is 1. The van der Waals surface area contributed by atoms with Crippen molar-refractivity contribution in [2.75, 3.05) is 0 Å². The van der Waals surface area contributed by atoms with Gasteiger partial charge in [-0.1, -0.05) is 0 Å². The van der Waals surface area contributed by atoms with Crippen LogP contribution in [0.25, 0.3) is 22.1 Å². The molecule has 3 aromatic heterocycles. The highest BCUT2D eigenvalue weighted by Crippen LogP contribution is 2.18. The molecule has 0 bridgehead atoms. The Labute approximate surface area is 83.9 Å². The molecule has 0 radical (unpaired) electrons. The van der Waals surface area contributed by atoms with Gasteiger partial charge in [-0.05, 0) is 6.92 Å². The van der Waals surface area contributed by atoms with Crippen molar-refractivity contribution in [3.05, 3.63) is 22.4 Å². The number of pyridine rings is 1. The van der Waals surface area contributed by atoms with Crippen LogP contribution in [-0.4, -0.2) is 24.7 Å². The van der Waals surface area contributed by atoms with Crippen LogP contribution in [0.15, 0.2) is 11.0 Å². The minimum Gasteiger partial charge on any atom is -0.316 e. The van der Waals surface area contributed by atoms with Gasteiger partial charge in [0.15, 0.2) is 5.65 Å². The van der Waals surface area contributed by atoms with Crippen molar-refractivity contribution in [1.82, 2.24) is 24.7 Å². The summed E-state index contributed by atoms with van der Waals surface area (Å²) in [6.07, 6.45) is 1.56. The monoisotopic (exact) mass is 203 g/mol. The Bertz CT molecular complexity index is 717. The average Bonchev–Trinajstić information content (AvgIpc) is 2.72. The van der Waals surface area contributed by atoms with Crippen molar-refractivity contribution in [2.24, 2.45) is 7.05 Å². The second-order valence-corrected chi connectivity index (χ2v) is 3.52. The molecule has 3 rings (SSSR count). The molecular formula is C9H9N5O. The zero-order chi connectivity index (χ0) is 10.6. The van der Waals surface area contributed by atoms with Gasteiger partial charge in [0.2, 0.25) is 0 Å². The van der Waals surface area contributed by atoms with E-state index >= 15 is 0 Å². The summed E-state index contributed by atoms with van der Waals surface area (Å²) in [7, 11) is 1.90. The third kappa shape index (κ3) is 0.903. The summed E-state index contributed by atoms with van der Waals surface area (Å²) in [5, 5.41) is 5.89. The summed E-state index contributed by atoms with van der Waals surface area (Å²) in [4.78, 5) is 19.9. The largest absolute Gasteiger partial charge is 0.316 e. The number of fused-ring (bicyclic) bond motifs is 3. The van der Waals surface area contributed by atoms with Gasteiger partial charge in [0.05, 0.1) is 10.9 Å². The van der Waals surface area contributed by atoms with E-state index in [2.05, 4.69) is 20.2 Å². The van der Waals surface area contributed by atoms with Crippen LogP contribution in [0.2, 0.25) is 0 Å². The summed E-state index contributed by atoms with van der Waals surface area (Å²) >= 11 is 0. The Morgan fingerprint density at radius 1 is 1.40 bits per heavy atom. The Morgan fingerprint density at radius 3 is 3.00 bits per heavy atom. The molecule has 0 aliphatic carbocycles. The Kier molecular flexibility index (Phi) is 1.35. The zero-order valence-electron chi connectivity index (χ0n) is 8.33. The van der Waals surface area contributed by atoms with Crippen LogP contribution >= 0.6 is 0 Å². The predicted molar refractivity (Wildman–Crippen MR) is 55.7 cm³/mol. The molecule has 6 heteroatoms. The van der Waals surface area contributed by atoms with Gasteiger partial charge >= 0.3 is 0 Å². The summed E-state index contributed by atoms with van der Waals surface area (Å²) in [6, 6.07) is 0. The molecule has 0 amide bonds. The van der Waals surface area contributed by atoms with Gasteiger partial charge in [-0.3, -0.25) is 15.0 Å². The molecule has 0 unspecified atom stereocenters. The molecule has 0 aliphatic heterocycles. The second kappa shape index (κ2) is 2.47. The minimum atomic E-state index is -0.164. The smallest absolute Gasteiger partial charge is 0.273 e. The number of H-pyrrole nitrogens is 2. The van der Waals surface area contributed by atoms with Crippen LogP contribution in [0.5, 0.6) is 0 Å². The fourth-order valence-corrected chi connectivity index (χ4v) is 1.72. The summed E-state index contributed by atoms with van der Waals surface area (Å²) in [5.74, 6) is 0.868.